The summed E-state index contributed by atoms with van der Waals surface area (Å²) in [5, 5.41) is 16.7. The number of carbonyl (C=O) groups excluding carboxylic acids is 1. The van der Waals surface area contributed by atoms with Gasteiger partial charge < -0.3 is 14.8 Å². The number of aliphatic hydroxyl groups is 1. The number of carbonyl (C=O) groups is 1. The van der Waals surface area contributed by atoms with Gasteiger partial charge in [0.15, 0.2) is 0 Å². The van der Waals surface area contributed by atoms with Crippen LogP contribution in [0, 0.1) is 5.92 Å². The van der Waals surface area contributed by atoms with Crippen LogP contribution in [0.4, 0.5) is 0 Å². The number of rotatable bonds is 6. The van der Waals surface area contributed by atoms with Gasteiger partial charge in [-0.1, -0.05) is 0 Å². The minimum absolute atomic E-state index is 0.0103. The van der Waals surface area contributed by atoms with Crippen molar-refractivity contribution >= 4 is 17.2 Å². The van der Waals surface area contributed by atoms with Crippen molar-refractivity contribution in [3.8, 4) is 11.3 Å². The molecule has 0 saturated heterocycles. The van der Waals surface area contributed by atoms with Crippen LogP contribution in [0.5, 0.6) is 0 Å². The Labute approximate surface area is 121 Å². The number of hydrogen-bond acceptors (Lipinski definition) is 4. The monoisotopic (exact) mass is 291 g/mol. The van der Waals surface area contributed by atoms with E-state index in [4.69, 9.17) is 4.42 Å². The third-order valence-electron chi connectivity index (χ3n) is 3.42. The molecule has 2 aromatic heterocycles. The van der Waals surface area contributed by atoms with E-state index in [1.54, 1.807) is 17.4 Å². The molecule has 1 aliphatic rings. The van der Waals surface area contributed by atoms with E-state index in [1.165, 1.54) is 0 Å². The van der Waals surface area contributed by atoms with Gasteiger partial charge in [-0.05, 0) is 42.3 Å². The Kier molecular flexibility index (Phi) is 3.89. The largest absolute Gasteiger partial charge is 0.458 e. The van der Waals surface area contributed by atoms with Gasteiger partial charge in [0.2, 0.25) is 5.91 Å². The van der Waals surface area contributed by atoms with Gasteiger partial charge in [0.25, 0.3) is 0 Å². The SMILES string of the molecule is O=C(CC1CC1)NCC(O)c1ccc(-c2ccsc2)o1. The van der Waals surface area contributed by atoms with Crippen LogP contribution in [0.25, 0.3) is 11.3 Å². The highest BCUT2D eigenvalue weighted by molar-refractivity contribution is 7.08. The van der Waals surface area contributed by atoms with Crippen LogP contribution in [0.1, 0.15) is 31.1 Å². The van der Waals surface area contributed by atoms with Crippen LogP contribution < -0.4 is 5.32 Å². The molecule has 0 spiro atoms. The molecule has 1 fully saturated rings. The standard InChI is InChI=1S/C15H17NO3S/c17-12(8-16-15(18)7-10-1-2-10)14-4-3-13(19-14)11-5-6-20-9-11/h3-6,9-10,12,17H,1-2,7-8H2,(H,16,18). The Hall–Kier alpha value is -1.59. The molecule has 0 aromatic carbocycles. The maximum Gasteiger partial charge on any atom is 0.220 e. The Morgan fingerprint density at radius 1 is 1.45 bits per heavy atom. The molecule has 3 rings (SSSR count). The quantitative estimate of drug-likeness (QED) is 0.860. The minimum atomic E-state index is -0.800. The topological polar surface area (TPSA) is 62.5 Å². The Morgan fingerprint density at radius 2 is 2.30 bits per heavy atom. The first-order valence-electron chi connectivity index (χ1n) is 6.79. The molecule has 1 unspecified atom stereocenters. The summed E-state index contributed by atoms with van der Waals surface area (Å²) in [7, 11) is 0. The van der Waals surface area contributed by atoms with E-state index in [2.05, 4.69) is 5.32 Å². The van der Waals surface area contributed by atoms with Crippen molar-refractivity contribution in [2.45, 2.75) is 25.4 Å². The second-order valence-corrected chi connectivity index (χ2v) is 5.96. The average Bonchev–Trinajstić information content (AvgIpc) is 2.97. The molecule has 0 radical (unpaired) electrons. The molecule has 1 saturated carbocycles. The van der Waals surface area contributed by atoms with Crippen molar-refractivity contribution in [2.24, 2.45) is 5.92 Å². The van der Waals surface area contributed by atoms with Gasteiger partial charge >= 0.3 is 0 Å². The summed E-state index contributed by atoms with van der Waals surface area (Å²) in [5.41, 5.74) is 1.01. The lowest BCUT2D eigenvalue weighted by Crippen LogP contribution is -2.28. The van der Waals surface area contributed by atoms with E-state index < -0.39 is 6.10 Å². The first-order chi connectivity index (χ1) is 9.72. The molecule has 5 heteroatoms. The number of furan rings is 1. The first-order valence-corrected chi connectivity index (χ1v) is 7.73. The summed E-state index contributed by atoms with van der Waals surface area (Å²) in [6.45, 7) is 0.197. The fourth-order valence-corrected chi connectivity index (χ4v) is 2.70. The van der Waals surface area contributed by atoms with Crippen LogP contribution >= 0.6 is 11.3 Å². The molecular weight excluding hydrogens is 274 g/mol. The van der Waals surface area contributed by atoms with Crippen molar-refractivity contribution in [1.29, 1.82) is 0 Å². The maximum atomic E-state index is 11.6. The zero-order valence-electron chi connectivity index (χ0n) is 11.0. The van der Waals surface area contributed by atoms with Crippen molar-refractivity contribution in [3.63, 3.8) is 0 Å². The summed E-state index contributed by atoms with van der Waals surface area (Å²) in [4.78, 5) is 11.6. The lowest BCUT2D eigenvalue weighted by atomic mass is 10.2. The molecular formula is C15H17NO3S. The maximum absolute atomic E-state index is 11.6. The Balaban J connectivity index is 1.54. The van der Waals surface area contributed by atoms with Crippen LogP contribution in [-0.2, 0) is 4.79 Å². The first kappa shape index (κ1) is 13.4. The predicted octanol–water partition coefficient (Wildman–Crippen LogP) is 2.96. The summed E-state index contributed by atoms with van der Waals surface area (Å²) < 4.78 is 5.62. The second-order valence-electron chi connectivity index (χ2n) is 5.18. The predicted molar refractivity (Wildman–Crippen MR) is 77.3 cm³/mol. The number of amides is 1. The molecule has 2 heterocycles. The molecule has 1 aliphatic carbocycles. The van der Waals surface area contributed by atoms with Crippen LogP contribution in [-0.4, -0.2) is 17.6 Å². The van der Waals surface area contributed by atoms with Crippen LogP contribution in [0.2, 0.25) is 0 Å². The van der Waals surface area contributed by atoms with E-state index in [0.717, 1.165) is 24.2 Å². The van der Waals surface area contributed by atoms with Crippen molar-refractivity contribution in [3.05, 3.63) is 34.7 Å². The summed E-state index contributed by atoms with van der Waals surface area (Å²) in [6, 6.07) is 5.56. The molecule has 0 aliphatic heterocycles. The van der Waals surface area contributed by atoms with E-state index >= 15 is 0 Å². The van der Waals surface area contributed by atoms with Gasteiger partial charge in [-0.15, -0.1) is 0 Å². The Morgan fingerprint density at radius 3 is 3.00 bits per heavy atom. The third kappa shape index (κ3) is 3.29. The molecule has 1 atom stereocenters. The van der Waals surface area contributed by atoms with E-state index in [-0.39, 0.29) is 12.5 Å². The van der Waals surface area contributed by atoms with E-state index in [0.29, 0.717) is 18.1 Å². The van der Waals surface area contributed by atoms with Gasteiger partial charge in [0.1, 0.15) is 17.6 Å². The van der Waals surface area contributed by atoms with Crippen molar-refractivity contribution < 1.29 is 14.3 Å². The highest BCUT2D eigenvalue weighted by atomic mass is 32.1. The number of hydrogen-bond donors (Lipinski definition) is 2. The molecule has 1 amide bonds. The fourth-order valence-electron chi connectivity index (χ4n) is 2.06. The normalized spacial score (nSPS) is 16.1. The zero-order chi connectivity index (χ0) is 13.9. The lowest BCUT2D eigenvalue weighted by molar-refractivity contribution is -0.121. The summed E-state index contributed by atoms with van der Waals surface area (Å²) >= 11 is 1.60. The second kappa shape index (κ2) is 5.81. The number of nitrogens with one attached hydrogen (secondary N) is 1. The molecule has 2 aromatic rings. The van der Waals surface area contributed by atoms with Gasteiger partial charge in [-0.25, -0.2) is 0 Å². The molecule has 20 heavy (non-hydrogen) atoms. The Bertz CT molecular complexity index is 572. The van der Waals surface area contributed by atoms with Crippen molar-refractivity contribution in [2.75, 3.05) is 6.54 Å². The van der Waals surface area contributed by atoms with Gasteiger partial charge in [0, 0.05) is 17.4 Å². The molecule has 0 bridgehead atoms. The lowest BCUT2D eigenvalue weighted by Gasteiger charge is -2.09. The van der Waals surface area contributed by atoms with Crippen LogP contribution in [0.3, 0.4) is 0 Å². The molecule has 106 valence electrons. The van der Waals surface area contributed by atoms with Gasteiger partial charge in [-0.3, -0.25) is 4.79 Å². The number of thiophene rings is 1. The highest BCUT2D eigenvalue weighted by Gasteiger charge is 2.24. The van der Waals surface area contributed by atoms with E-state index in [9.17, 15) is 9.90 Å². The fraction of sp³-hybridized carbons (Fsp3) is 0.400. The van der Waals surface area contributed by atoms with Gasteiger partial charge in [-0.2, -0.15) is 11.3 Å². The van der Waals surface area contributed by atoms with Gasteiger partial charge in [0.05, 0.1) is 6.54 Å². The smallest absolute Gasteiger partial charge is 0.220 e. The molecule has 4 nitrogen and oxygen atoms in total. The van der Waals surface area contributed by atoms with Crippen LogP contribution in [0.15, 0.2) is 33.4 Å². The summed E-state index contributed by atoms with van der Waals surface area (Å²) in [6.07, 6.45) is 2.08. The molecule has 2 N–H and O–H groups in total. The average molecular weight is 291 g/mol. The number of aliphatic hydroxyl groups excluding tert-OH is 1. The third-order valence-corrected chi connectivity index (χ3v) is 4.11. The van der Waals surface area contributed by atoms with Crippen molar-refractivity contribution in [1.82, 2.24) is 5.32 Å². The van der Waals surface area contributed by atoms with E-state index in [1.807, 2.05) is 22.9 Å². The minimum Gasteiger partial charge on any atom is -0.458 e. The zero-order valence-corrected chi connectivity index (χ0v) is 11.9. The summed E-state index contributed by atoms with van der Waals surface area (Å²) in [5.74, 6) is 1.79. The highest BCUT2D eigenvalue weighted by Crippen LogP contribution is 2.32.